The molecule has 0 aromatic heterocycles. The van der Waals surface area contributed by atoms with Gasteiger partial charge in [0.25, 0.3) is 0 Å². The van der Waals surface area contributed by atoms with Crippen LogP contribution in [0.5, 0.6) is 0 Å². The van der Waals surface area contributed by atoms with Gasteiger partial charge in [-0.3, -0.25) is 0 Å². The quantitative estimate of drug-likeness (QED) is 0.761. The highest BCUT2D eigenvalue weighted by Gasteiger charge is 2.03. The van der Waals surface area contributed by atoms with Gasteiger partial charge in [0.05, 0.1) is 0 Å². The average molecular weight is 305 g/mol. The van der Waals surface area contributed by atoms with E-state index in [9.17, 15) is 4.79 Å². The standard InChI is InChI=1S/C13H18Cl2N2O2/c1-19-8-2-6-16-13(18)17-7-5-10-3-4-11(14)9-12(10)15/h3-4,9H,2,5-8H2,1H3,(H2,16,17,18). The Morgan fingerprint density at radius 3 is 2.68 bits per heavy atom. The molecule has 0 heterocycles. The van der Waals surface area contributed by atoms with Crippen molar-refractivity contribution in [2.45, 2.75) is 12.8 Å². The number of hydrogen-bond donors (Lipinski definition) is 2. The minimum atomic E-state index is -0.179. The molecule has 2 amide bonds. The van der Waals surface area contributed by atoms with Crippen molar-refractivity contribution in [1.82, 2.24) is 10.6 Å². The molecular weight excluding hydrogens is 287 g/mol. The van der Waals surface area contributed by atoms with E-state index in [-0.39, 0.29) is 6.03 Å². The molecule has 0 radical (unpaired) electrons. The second-order valence-corrected chi connectivity index (χ2v) is 4.86. The van der Waals surface area contributed by atoms with Crippen LogP contribution >= 0.6 is 23.2 Å². The predicted octanol–water partition coefficient (Wildman–Crippen LogP) is 2.87. The van der Waals surface area contributed by atoms with Crippen LogP contribution in [0, 0.1) is 0 Å². The molecule has 0 spiro atoms. The zero-order valence-electron chi connectivity index (χ0n) is 10.8. The number of amides is 2. The lowest BCUT2D eigenvalue weighted by Gasteiger charge is -2.08. The van der Waals surface area contributed by atoms with Gasteiger partial charge in [0.1, 0.15) is 0 Å². The number of nitrogens with one attached hydrogen (secondary N) is 2. The third-order valence-corrected chi connectivity index (χ3v) is 3.09. The fourth-order valence-electron chi connectivity index (χ4n) is 1.52. The Morgan fingerprint density at radius 1 is 1.26 bits per heavy atom. The highest BCUT2D eigenvalue weighted by molar-refractivity contribution is 6.35. The molecule has 2 N–H and O–H groups in total. The summed E-state index contributed by atoms with van der Waals surface area (Å²) in [4.78, 5) is 11.4. The molecule has 4 nitrogen and oxygen atoms in total. The molecule has 106 valence electrons. The van der Waals surface area contributed by atoms with E-state index in [1.165, 1.54) is 0 Å². The van der Waals surface area contributed by atoms with Crippen molar-refractivity contribution in [3.8, 4) is 0 Å². The minimum Gasteiger partial charge on any atom is -0.385 e. The van der Waals surface area contributed by atoms with Crippen LogP contribution in [0.2, 0.25) is 10.0 Å². The molecule has 0 atom stereocenters. The van der Waals surface area contributed by atoms with Crippen LogP contribution in [0.4, 0.5) is 4.79 Å². The number of carbonyl (C=O) groups excluding carboxylic acids is 1. The molecular formula is C13H18Cl2N2O2. The first-order chi connectivity index (χ1) is 9.13. The van der Waals surface area contributed by atoms with E-state index < -0.39 is 0 Å². The Bertz CT molecular complexity index is 414. The van der Waals surface area contributed by atoms with Crippen LogP contribution in [0.25, 0.3) is 0 Å². The lowest BCUT2D eigenvalue weighted by molar-refractivity contribution is 0.193. The number of methoxy groups -OCH3 is 1. The first-order valence-electron chi connectivity index (χ1n) is 6.08. The van der Waals surface area contributed by atoms with Gasteiger partial charge >= 0.3 is 6.03 Å². The van der Waals surface area contributed by atoms with Gasteiger partial charge in [-0.2, -0.15) is 0 Å². The molecule has 1 aromatic carbocycles. The van der Waals surface area contributed by atoms with Crippen molar-refractivity contribution in [2.24, 2.45) is 0 Å². The summed E-state index contributed by atoms with van der Waals surface area (Å²) < 4.78 is 4.89. The fourth-order valence-corrected chi connectivity index (χ4v) is 2.02. The van der Waals surface area contributed by atoms with Gasteiger partial charge in [-0.05, 0) is 30.5 Å². The van der Waals surface area contributed by atoms with Crippen molar-refractivity contribution >= 4 is 29.2 Å². The summed E-state index contributed by atoms with van der Waals surface area (Å²) in [6.07, 6.45) is 1.47. The van der Waals surface area contributed by atoms with Gasteiger partial charge in [-0.1, -0.05) is 29.3 Å². The van der Waals surface area contributed by atoms with Gasteiger partial charge in [-0.25, -0.2) is 4.79 Å². The highest BCUT2D eigenvalue weighted by Crippen LogP contribution is 2.20. The zero-order chi connectivity index (χ0) is 14.1. The fraction of sp³-hybridized carbons (Fsp3) is 0.462. The van der Waals surface area contributed by atoms with Crippen LogP contribution in [0.1, 0.15) is 12.0 Å². The van der Waals surface area contributed by atoms with E-state index >= 15 is 0 Å². The molecule has 0 fully saturated rings. The van der Waals surface area contributed by atoms with Crippen molar-refractivity contribution in [3.63, 3.8) is 0 Å². The Hall–Kier alpha value is -0.970. The van der Waals surface area contributed by atoms with Gasteiger partial charge < -0.3 is 15.4 Å². The molecule has 0 aliphatic carbocycles. The van der Waals surface area contributed by atoms with Crippen LogP contribution in [0.3, 0.4) is 0 Å². The molecule has 19 heavy (non-hydrogen) atoms. The second-order valence-electron chi connectivity index (χ2n) is 4.01. The summed E-state index contributed by atoms with van der Waals surface area (Å²) in [7, 11) is 1.63. The van der Waals surface area contributed by atoms with Crippen LogP contribution in [-0.4, -0.2) is 32.8 Å². The average Bonchev–Trinajstić information content (AvgIpc) is 2.37. The van der Waals surface area contributed by atoms with Crippen LogP contribution in [-0.2, 0) is 11.2 Å². The Balaban J connectivity index is 2.20. The van der Waals surface area contributed by atoms with Gasteiger partial charge in [-0.15, -0.1) is 0 Å². The highest BCUT2D eigenvalue weighted by atomic mass is 35.5. The molecule has 0 saturated carbocycles. The van der Waals surface area contributed by atoms with Crippen LogP contribution in [0.15, 0.2) is 18.2 Å². The first-order valence-corrected chi connectivity index (χ1v) is 6.83. The number of rotatable bonds is 7. The van der Waals surface area contributed by atoms with Gasteiger partial charge in [0.2, 0.25) is 0 Å². The largest absolute Gasteiger partial charge is 0.385 e. The van der Waals surface area contributed by atoms with E-state index in [4.69, 9.17) is 27.9 Å². The number of urea groups is 1. The monoisotopic (exact) mass is 304 g/mol. The maximum Gasteiger partial charge on any atom is 0.314 e. The smallest absolute Gasteiger partial charge is 0.314 e. The molecule has 0 bridgehead atoms. The maximum atomic E-state index is 11.4. The third-order valence-electron chi connectivity index (χ3n) is 2.51. The summed E-state index contributed by atoms with van der Waals surface area (Å²) in [5.41, 5.74) is 0.964. The lowest BCUT2D eigenvalue weighted by atomic mass is 10.1. The molecule has 0 aliphatic rings. The number of hydrogen-bond acceptors (Lipinski definition) is 2. The molecule has 1 rings (SSSR count). The van der Waals surface area contributed by atoms with E-state index in [0.717, 1.165) is 12.0 Å². The maximum absolute atomic E-state index is 11.4. The SMILES string of the molecule is COCCCNC(=O)NCCc1ccc(Cl)cc1Cl. The summed E-state index contributed by atoms with van der Waals surface area (Å²) in [5, 5.41) is 6.74. The minimum absolute atomic E-state index is 0.179. The van der Waals surface area contributed by atoms with E-state index in [1.54, 1.807) is 19.2 Å². The predicted molar refractivity (Wildman–Crippen MR) is 78.1 cm³/mol. The van der Waals surface area contributed by atoms with E-state index in [1.807, 2.05) is 6.07 Å². The zero-order valence-corrected chi connectivity index (χ0v) is 12.4. The lowest BCUT2D eigenvalue weighted by Crippen LogP contribution is -2.37. The molecule has 1 aromatic rings. The summed E-state index contributed by atoms with van der Waals surface area (Å²) >= 11 is 11.8. The van der Waals surface area contributed by atoms with Gasteiger partial charge in [0.15, 0.2) is 0 Å². The Morgan fingerprint density at radius 2 is 2.00 bits per heavy atom. The van der Waals surface area contributed by atoms with Crippen molar-refractivity contribution in [1.29, 1.82) is 0 Å². The number of carbonyl (C=O) groups is 1. The summed E-state index contributed by atoms with van der Waals surface area (Å²) in [5.74, 6) is 0. The molecule has 0 unspecified atom stereocenters. The summed E-state index contributed by atoms with van der Waals surface area (Å²) in [6.45, 7) is 1.76. The first kappa shape index (κ1) is 16.1. The van der Waals surface area contributed by atoms with E-state index in [2.05, 4.69) is 10.6 Å². The Labute approximate surface area is 123 Å². The van der Waals surface area contributed by atoms with Crippen LogP contribution < -0.4 is 10.6 Å². The molecule has 0 saturated heterocycles. The number of benzene rings is 1. The van der Waals surface area contributed by atoms with Crippen molar-refractivity contribution in [2.75, 3.05) is 26.8 Å². The third kappa shape index (κ3) is 6.66. The number of halogens is 2. The van der Waals surface area contributed by atoms with Crippen molar-refractivity contribution < 1.29 is 9.53 Å². The van der Waals surface area contributed by atoms with E-state index in [0.29, 0.717) is 36.2 Å². The normalized spacial score (nSPS) is 10.3. The topological polar surface area (TPSA) is 50.4 Å². The Kier molecular flexibility index (Phi) is 7.63. The number of ether oxygens (including phenoxy) is 1. The van der Waals surface area contributed by atoms with Crippen molar-refractivity contribution in [3.05, 3.63) is 33.8 Å². The summed E-state index contributed by atoms with van der Waals surface area (Å²) in [6, 6.07) is 5.17. The molecule has 6 heteroatoms. The molecule has 0 aliphatic heterocycles. The second kappa shape index (κ2) is 9.02. The van der Waals surface area contributed by atoms with Gasteiger partial charge in [0, 0.05) is 36.9 Å².